The minimum absolute atomic E-state index is 0.202. The third kappa shape index (κ3) is 3.09. The van der Waals surface area contributed by atoms with Gasteiger partial charge >= 0.3 is 5.97 Å². The minimum Gasteiger partial charge on any atom is -0.465 e. The minimum atomic E-state index is -0.202. The van der Waals surface area contributed by atoms with Gasteiger partial charge in [0.1, 0.15) is 0 Å². The number of nitrogens with zero attached hydrogens (tertiary/aromatic N) is 1. The van der Waals surface area contributed by atoms with Crippen LogP contribution in [-0.4, -0.2) is 30.6 Å². The van der Waals surface area contributed by atoms with Gasteiger partial charge in [0.05, 0.1) is 12.7 Å². The summed E-state index contributed by atoms with van der Waals surface area (Å²) in [6, 6.07) is 17.5. The fourth-order valence-corrected chi connectivity index (χ4v) is 4.71. The van der Waals surface area contributed by atoms with Gasteiger partial charge in [0, 0.05) is 12.6 Å². The summed E-state index contributed by atoms with van der Waals surface area (Å²) < 4.78 is 4.99. The van der Waals surface area contributed by atoms with E-state index in [1.54, 1.807) is 0 Å². The molecule has 1 aliphatic carbocycles. The molecule has 0 radical (unpaired) electrons. The van der Waals surface area contributed by atoms with E-state index in [1.165, 1.54) is 43.2 Å². The zero-order valence-electron chi connectivity index (χ0n) is 14.8. The Morgan fingerprint density at radius 1 is 1.12 bits per heavy atom. The van der Waals surface area contributed by atoms with Crippen molar-refractivity contribution in [1.29, 1.82) is 0 Å². The van der Waals surface area contributed by atoms with Crippen LogP contribution in [0.1, 0.15) is 52.2 Å². The van der Waals surface area contributed by atoms with Gasteiger partial charge in [-0.2, -0.15) is 0 Å². The maximum Gasteiger partial charge on any atom is 0.338 e. The van der Waals surface area contributed by atoms with Crippen molar-refractivity contribution in [2.75, 3.05) is 13.7 Å². The summed E-state index contributed by atoms with van der Waals surface area (Å²) in [5.74, 6) is 0.332. The number of hydrogen-bond donors (Lipinski definition) is 0. The first kappa shape index (κ1) is 16.3. The fraction of sp³-hybridized carbons (Fsp3) is 0.409. The monoisotopic (exact) mass is 335 g/mol. The molecule has 0 saturated carbocycles. The number of rotatable bonds is 3. The molecule has 0 unspecified atom stereocenters. The largest absolute Gasteiger partial charge is 0.465 e. The van der Waals surface area contributed by atoms with Crippen LogP contribution in [0.15, 0.2) is 48.5 Å². The van der Waals surface area contributed by atoms with E-state index >= 15 is 0 Å². The first-order valence-electron chi connectivity index (χ1n) is 9.26. The first-order chi connectivity index (χ1) is 12.3. The van der Waals surface area contributed by atoms with Crippen LogP contribution in [0.5, 0.6) is 0 Å². The maximum atomic E-state index is 12.1. The molecule has 3 nitrogen and oxygen atoms in total. The van der Waals surface area contributed by atoms with Gasteiger partial charge in [-0.3, -0.25) is 4.90 Å². The number of esters is 1. The third-order valence-corrected chi connectivity index (χ3v) is 5.83. The van der Waals surface area contributed by atoms with Crippen LogP contribution >= 0.6 is 0 Å². The van der Waals surface area contributed by atoms with E-state index in [1.807, 2.05) is 12.1 Å². The molecule has 1 fully saturated rings. The molecule has 2 atom stereocenters. The number of benzene rings is 2. The molecule has 3 heteroatoms. The summed E-state index contributed by atoms with van der Waals surface area (Å²) in [5, 5.41) is 0. The number of methoxy groups -OCH3 is 1. The zero-order chi connectivity index (χ0) is 17.2. The highest BCUT2D eigenvalue weighted by atomic mass is 16.5. The van der Waals surface area contributed by atoms with E-state index in [4.69, 9.17) is 4.74 Å². The number of ether oxygens (including phenoxy) is 1. The second-order valence-electron chi connectivity index (χ2n) is 7.18. The molecule has 1 aliphatic heterocycles. The van der Waals surface area contributed by atoms with Crippen molar-refractivity contribution in [3.63, 3.8) is 0 Å². The van der Waals surface area contributed by atoms with Gasteiger partial charge in [0.15, 0.2) is 0 Å². The van der Waals surface area contributed by atoms with Gasteiger partial charge in [-0.25, -0.2) is 4.79 Å². The molecule has 0 aromatic heterocycles. The SMILES string of the molecule is COC(=O)c1cccc2c1CC[C@@H]1[C@@H]2CCCN1Cc1ccccc1. The highest BCUT2D eigenvalue weighted by molar-refractivity contribution is 5.91. The molecule has 0 bridgehead atoms. The lowest BCUT2D eigenvalue weighted by atomic mass is 9.73. The maximum absolute atomic E-state index is 12.1. The number of hydrogen-bond acceptors (Lipinski definition) is 3. The summed E-state index contributed by atoms with van der Waals surface area (Å²) in [6.07, 6.45) is 4.52. The molecule has 2 aromatic rings. The Morgan fingerprint density at radius 3 is 2.76 bits per heavy atom. The molecular formula is C22H25NO2. The summed E-state index contributed by atoms with van der Waals surface area (Å²) in [6.45, 7) is 2.19. The van der Waals surface area contributed by atoms with E-state index in [0.29, 0.717) is 12.0 Å². The lowest BCUT2D eigenvalue weighted by Gasteiger charge is -2.45. The van der Waals surface area contributed by atoms with Crippen molar-refractivity contribution in [3.05, 3.63) is 70.8 Å². The lowest BCUT2D eigenvalue weighted by Crippen LogP contribution is -2.46. The van der Waals surface area contributed by atoms with Crippen LogP contribution in [0.3, 0.4) is 0 Å². The molecule has 0 spiro atoms. The Morgan fingerprint density at radius 2 is 1.96 bits per heavy atom. The zero-order valence-corrected chi connectivity index (χ0v) is 14.8. The van der Waals surface area contributed by atoms with Crippen molar-refractivity contribution in [3.8, 4) is 0 Å². The molecule has 2 aromatic carbocycles. The Bertz CT molecular complexity index is 756. The fourth-order valence-electron chi connectivity index (χ4n) is 4.71. The molecule has 4 rings (SSSR count). The predicted octanol–water partition coefficient (Wildman–Crippen LogP) is 4.17. The number of piperidine rings is 1. The Labute approximate surface area is 149 Å². The molecule has 0 amide bonds. The Balaban J connectivity index is 1.62. The molecule has 130 valence electrons. The van der Waals surface area contributed by atoms with Gasteiger partial charge < -0.3 is 4.74 Å². The van der Waals surface area contributed by atoms with Crippen molar-refractivity contribution in [1.82, 2.24) is 4.90 Å². The van der Waals surface area contributed by atoms with Crippen LogP contribution in [-0.2, 0) is 17.7 Å². The van der Waals surface area contributed by atoms with Gasteiger partial charge in [-0.05, 0) is 60.9 Å². The van der Waals surface area contributed by atoms with E-state index in [0.717, 1.165) is 24.9 Å². The van der Waals surface area contributed by atoms with E-state index < -0.39 is 0 Å². The topological polar surface area (TPSA) is 29.5 Å². The molecule has 1 saturated heterocycles. The van der Waals surface area contributed by atoms with Gasteiger partial charge in [0.2, 0.25) is 0 Å². The first-order valence-corrected chi connectivity index (χ1v) is 9.26. The molecule has 1 heterocycles. The molecule has 0 N–H and O–H groups in total. The smallest absolute Gasteiger partial charge is 0.338 e. The molecule has 2 aliphatic rings. The van der Waals surface area contributed by atoms with Gasteiger partial charge in [-0.1, -0.05) is 42.5 Å². The standard InChI is InChI=1S/C22H25NO2/c1-25-22(24)20-10-5-9-17-18(20)12-13-21-19(17)11-6-14-23(21)15-16-7-3-2-4-8-16/h2-5,7-10,19,21H,6,11-15H2,1H3/t19-,21-/m1/s1. The van der Waals surface area contributed by atoms with Crippen LogP contribution in [0.4, 0.5) is 0 Å². The molecular weight excluding hydrogens is 310 g/mol. The summed E-state index contributed by atoms with van der Waals surface area (Å²) >= 11 is 0. The second kappa shape index (κ2) is 7.01. The van der Waals surface area contributed by atoms with Crippen LogP contribution in [0, 0.1) is 0 Å². The average Bonchev–Trinajstić information content (AvgIpc) is 2.67. The van der Waals surface area contributed by atoms with E-state index in [2.05, 4.69) is 41.3 Å². The number of fused-ring (bicyclic) bond motifs is 3. The van der Waals surface area contributed by atoms with Crippen LogP contribution in [0.25, 0.3) is 0 Å². The van der Waals surface area contributed by atoms with E-state index in [-0.39, 0.29) is 5.97 Å². The number of likely N-dealkylation sites (tertiary alicyclic amines) is 1. The third-order valence-electron chi connectivity index (χ3n) is 5.83. The van der Waals surface area contributed by atoms with Crippen molar-refractivity contribution in [2.45, 2.75) is 44.2 Å². The Kier molecular flexibility index (Phi) is 4.58. The summed E-state index contributed by atoms with van der Waals surface area (Å²) in [5.41, 5.74) is 4.74. The van der Waals surface area contributed by atoms with Crippen LogP contribution in [0.2, 0.25) is 0 Å². The predicted molar refractivity (Wildman–Crippen MR) is 98.7 cm³/mol. The summed E-state index contributed by atoms with van der Waals surface area (Å²) in [4.78, 5) is 14.8. The quantitative estimate of drug-likeness (QED) is 0.789. The number of carbonyl (C=O) groups is 1. The van der Waals surface area contributed by atoms with E-state index in [9.17, 15) is 4.79 Å². The van der Waals surface area contributed by atoms with Gasteiger partial charge in [-0.15, -0.1) is 0 Å². The number of carbonyl (C=O) groups excluding carboxylic acids is 1. The van der Waals surface area contributed by atoms with Crippen molar-refractivity contribution in [2.24, 2.45) is 0 Å². The van der Waals surface area contributed by atoms with Crippen molar-refractivity contribution < 1.29 is 9.53 Å². The molecule has 25 heavy (non-hydrogen) atoms. The normalized spacial score (nSPS) is 22.8. The average molecular weight is 335 g/mol. The van der Waals surface area contributed by atoms with Gasteiger partial charge in [0.25, 0.3) is 0 Å². The Hall–Kier alpha value is -2.13. The highest BCUT2D eigenvalue weighted by Gasteiger charge is 2.37. The second-order valence-corrected chi connectivity index (χ2v) is 7.18. The van der Waals surface area contributed by atoms with Crippen LogP contribution < -0.4 is 0 Å². The van der Waals surface area contributed by atoms with Crippen molar-refractivity contribution >= 4 is 5.97 Å². The lowest BCUT2D eigenvalue weighted by molar-refractivity contribution is 0.0596. The summed E-state index contributed by atoms with van der Waals surface area (Å²) in [7, 11) is 1.47. The highest BCUT2D eigenvalue weighted by Crippen LogP contribution is 2.42.